The van der Waals surface area contributed by atoms with Gasteiger partial charge in [-0.25, -0.2) is 4.98 Å². The van der Waals surface area contributed by atoms with Gasteiger partial charge in [0.25, 0.3) is 17.5 Å². The Morgan fingerprint density at radius 3 is 2.43 bits per heavy atom. The van der Waals surface area contributed by atoms with E-state index in [1.165, 1.54) is 41.4 Å². The molecular formula is C45H41ClN10O6S3. The van der Waals surface area contributed by atoms with Crippen LogP contribution in [-0.4, -0.2) is 85.9 Å². The zero-order valence-corrected chi connectivity index (χ0v) is 38.3. The van der Waals surface area contributed by atoms with E-state index in [1.54, 1.807) is 54.2 Å². The third-order valence-corrected chi connectivity index (χ3v) is 13.9. The van der Waals surface area contributed by atoms with Crippen molar-refractivity contribution < 1.29 is 24.0 Å². The highest BCUT2D eigenvalue weighted by molar-refractivity contribution is 7.98. The number of aryl methyl sites for hydroxylation is 1. The fourth-order valence-corrected chi connectivity index (χ4v) is 10.0. The van der Waals surface area contributed by atoms with Crippen molar-refractivity contribution in [2.75, 3.05) is 32.8 Å². The molecule has 0 saturated heterocycles. The first-order valence-electron chi connectivity index (χ1n) is 20.5. The van der Waals surface area contributed by atoms with Gasteiger partial charge in [-0.3, -0.25) is 39.0 Å². The Labute approximate surface area is 390 Å². The highest BCUT2D eigenvalue weighted by Crippen LogP contribution is 2.39. The summed E-state index contributed by atoms with van der Waals surface area (Å²) in [4.78, 5) is 66.5. The Kier molecular flexibility index (Phi) is 14.3. The molecule has 0 spiro atoms. The molecule has 0 fully saturated rings. The molecule has 3 aromatic carbocycles. The number of thiophene rings is 1. The molecule has 1 aliphatic heterocycles. The van der Waals surface area contributed by atoms with E-state index in [4.69, 9.17) is 21.3 Å². The number of carbonyl (C=O) groups excluding carboxylic acids is 3. The number of non-ortho nitro benzene ring substituents is 1. The molecule has 0 saturated carbocycles. The number of hydrogen-bond acceptors (Lipinski definition) is 14. The molecule has 7 aromatic rings. The summed E-state index contributed by atoms with van der Waals surface area (Å²) in [5.41, 5.74) is 5.87. The molecular weight excluding hydrogens is 908 g/mol. The Morgan fingerprint density at radius 2 is 1.68 bits per heavy atom. The van der Waals surface area contributed by atoms with Crippen LogP contribution >= 0.6 is 46.0 Å². The van der Waals surface area contributed by atoms with Gasteiger partial charge in [-0.1, -0.05) is 35.9 Å². The number of halogens is 1. The topological polar surface area (TPSA) is 209 Å². The van der Waals surface area contributed by atoms with Crippen LogP contribution in [0, 0.1) is 24.0 Å². The van der Waals surface area contributed by atoms with E-state index in [9.17, 15) is 24.5 Å². The minimum atomic E-state index is -0.603. The van der Waals surface area contributed by atoms with Crippen LogP contribution in [0.4, 0.5) is 5.69 Å². The number of thiazole rings is 1. The number of nitrogens with one attached hydrogen (secondary N) is 3. The highest BCUT2D eigenvalue weighted by Gasteiger charge is 2.31. The van der Waals surface area contributed by atoms with E-state index in [2.05, 4.69) is 50.0 Å². The van der Waals surface area contributed by atoms with Gasteiger partial charge in [0.2, 0.25) is 5.91 Å². The number of thioether (sulfide) groups is 1. The SMILES string of the molecule is Cc1sc2c(c1C)C(c1ccc(Cl)cc1)=N[C@@H](CC(=O)NCCOCCNC(=O)c1cc(SCc3ccc([N+](=O)[O-])cc3)c3ncc(C(=O)NCCc4nccs4)cc3c1)c1nncn1-2. The number of benzene rings is 3. The van der Waals surface area contributed by atoms with Crippen LogP contribution in [0.1, 0.15) is 71.1 Å². The lowest BCUT2D eigenvalue weighted by atomic mass is 9.99. The molecule has 8 rings (SSSR count). The molecule has 0 unspecified atom stereocenters. The number of carbonyl (C=O) groups is 3. The summed E-state index contributed by atoms with van der Waals surface area (Å²) in [7, 11) is 0. The maximum atomic E-state index is 13.5. The van der Waals surface area contributed by atoms with E-state index < -0.39 is 11.0 Å². The first-order chi connectivity index (χ1) is 31.5. The van der Waals surface area contributed by atoms with Gasteiger partial charge >= 0.3 is 0 Å². The molecule has 3 amide bonds. The molecule has 4 aromatic heterocycles. The lowest BCUT2D eigenvalue weighted by molar-refractivity contribution is -0.384. The van der Waals surface area contributed by atoms with Gasteiger partial charge in [0, 0.05) is 98.6 Å². The fraction of sp³-hybridized carbons (Fsp3) is 0.244. The third kappa shape index (κ3) is 10.8. The molecule has 0 aliphatic carbocycles. The van der Waals surface area contributed by atoms with Crippen LogP contribution in [0.15, 0.2) is 101 Å². The Balaban J connectivity index is 0.870. The van der Waals surface area contributed by atoms with Crippen molar-refractivity contribution in [3.05, 3.63) is 155 Å². The van der Waals surface area contributed by atoms with Crippen LogP contribution < -0.4 is 16.0 Å². The Hall–Kier alpha value is -6.38. The van der Waals surface area contributed by atoms with E-state index >= 15 is 0 Å². The number of ether oxygens (including phenoxy) is 1. The molecule has 5 heterocycles. The highest BCUT2D eigenvalue weighted by atomic mass is 35.5. The van der Waals surface area contributed by atoms with Crippen molar-refractivity contribution in [1.29, 1.82) is 0 Å². The summed E-state index contributed by atoms with van der Waals surface area (Å²) in [6.07, 6.45) is 5.52. The number of nitro groups is 1. The minimum Gasteiger partial charge on any atom is -0.378 e. The van der Waals surface area contributed by atoms with Gasteiger partial charge in [-0.2, -0.15) is 0 Å². The standard InChI is InChI=1S/C45H41ClN10O6S3/c1-26-27(2)65-45-39(26)41(29-5-7-33(46)8-6-29)53-35(42-54-52-25-55(42)45)22-37(57)47-13-16-62-17-14-50-43(58)31-19-30-20-32(44(59)49-12-11-38-48-15-18-63-38)23-51-40(30)36(21-31)64-24-28-3-9-34(10-4-28)56(60)61/h3-10,15,18-21,23,25,35H,11-14,16-17,22,24H2,1-2H3,(H,47,57)(H,49,59)(H,50,58)/t35-/m0/s1. The zero-order chi connectivity index (χ0) is 45.5. The van der Waals surface area contributed by atoms with Crippen LogP contribution in [-0.2, 0) is 21.7 Å². The first kappa shape index (κ1) is 45.2. The number of aliphatic imine (C=N–C) groups is 1. The number of nitro benzene ring substituents is 1. The third-order valence-electron chi connectivity index (χ3n) is 10.5. The van der Waals surface area contributed by atoms with E-state index in [0.29, 0.717) is 56.5 Å². The average Bonchev–Trinajstić information content (AvgIpc) is 4.06. The van der Waals surface area contributed by atoms with Crippen molar-refractivity contribution >= 4 is 86.1 Å². The number of hydrogen-bond donors (Lipinski definition) is 3. The average molecular weight is 950 g/mol. The lowest BCUT2D eigenvalue weighted by Crippen LogP contribution is -2.31. The number of rotatable bonds is 18. The van der Waals surface area contributed by atoms with Gasteiger partial charge in [-0.05, 0) is 55.3 Å². The fourth-order valence-electron chi connectivity index (χ4n) is 7.10. The van der Waals surface area contributed by atoms with Gasteiger partial charge < -0.3 is 20.7 Å². The molecule has 1 aliphatic rings. The summed E-state index contributed by atoms with van der Waals surface area (Å²) in [5.74, 6) is 0.142. The molecule has 20 heteroatoms. The van der Waals surface area contributed by atoms with Crippen molar-refractivity contribution in [2.24, 2.45) is 4.99 Å². The molecule has 1 atom stereocenters. The Morgan fingerprint density at radius 1 is 0.938 bits per heavy atom. The molecule has 332 valence electrons. The number of fused-ring (bicyclic) bond motifs is 4. The van der Waals surface area contributed by atoms with Gasteiger partial charge in [0.05, 0.1) is 46.4 Å². The van der Waals surface area contributed by atoms with E-state index in [1.807, 2.05) is 34.2 Å². The zero-order valence-electron chi connectivity index (χ0n) is 35.1. The second kappa shape index (κ2) is 20.6. The number of aromatic nitrogens is 5. The smallest absolute Gasteiger partial charge is 0.269 e. The summed E-state index contributed by atoms with van der Waals surface area (Å²) >= 11 is 10.8. The van der Waals surface area contributed by atoms with Crippen molar-refractivity contribution in [3.63, 3.8) is 0 Å². The van der Waals surface area contributed by atoms with Crippen molar-refractivity contribution in [2.45, 2.75) is 43.4 Å². The maximum absolute atomic E-state index is 13.5. The number of pyridine rings is 1. The van der Waals surface area contributed by atoms with Crippen molar-refractivity contribution in [1.82, 2.24) is 40.7 Å². The summed E-state index contributed by atoms with van der Waals surface area (Å²) in [6, 6.07) is 18.3. The lowest BCUT2D eigenvalue weighted by Gasteiger charge is -2.13. The molecule has 0 bridgehead atoms. The molecule has 65 heavy (non-hydrogen) atoms. The number of amides is 3. The second-order valence-corrected chi connectivity index (χ2v) is 18.5. The summed E-state index contributed by atoms with van der Waals surface area (Å²) in [5, 5.41) is 33.4. The normalized spacial score (nSPS) is 13.1. The van der Waals surface area contributed by atoms with Crippen LogP contribution in [0.2, 0.25) is 5.02 Å². The number of nitrogens with zero attached hydrogens (tertiary/aromatic N) is 7. The largest absolute Gasteiger partial charge is 0.378 e. The molecule has 16 nitrogen and oxygen atoms in total. The van der Waals surface area contributed by atoms with Gasteiger partial charge in [0.1, 0.15) is 17.4 Å². The summed E-state index contributed by atoms with van der Waals surface area (Å²) in [6.45, 7) is 5.36. The second-order valence-electron chi connectivity index (χ2n) is 14.9. The molecule has 3 N–H and O–H groups in total. The van der Waals surface area contributed by atoms with Crippen LogP contribution in [0.25, 0.3) is 15.9 Å². The predicted molar refractivity (Wildman–Crippen MR) is 252 cm³/mol. The van der Waals surface area contributed by atoms with Crippen LogP contribution in [0.3, 0.4) is 0 Å². The first-order valence-corrected chi connectivity index (χ1v) is 23.5. The quantitative estimate of drug-likeness (QED) is 0.0330. The van der Waals surface area contributed by atoms with Gasteiger partial charge in [0.15, 0.2) is 5.82 Å². The molecule has 0 radical (unpaired) electrons. The van der Waals surface area contributed by atoms with Gasteiger partial charge in [-0.15, -0.1) is 44.6 Å². The van der Waals surface area contributed by atoms with Crippen LogP contribution in [0.5, 0.6) is 0 Å². The summed E-state index contributed by atoms with van der Waals surface area (Å²) < 4.78 is 7.69. The predicted octanol–water partition coefficient (Wildman–Crippen LogP) is 7.62. The van der Waals surface area contributed by atoms with E-state index in [0.717, 1.165) is 42.9 Å². The Bertz CT molecular complexity index is 2900. The minimum absolute atomic E-state index is 0.00403. The van der Waals surface area contributed by atoms with Crippen molar-refractivity contribution in [3.8, 4) is 5.00 Å². The maximum Gasteiger partial charge on any atom is 0.269 e. The van der Waals surface area contributed by atoms with E-state index in [-0.39, 0.29) is 56.1 Å². The monoisotopic (exact) mass is 948 g/mol.